The lowest BCUT2D eigenvalue weighted by atomic mass is 9.55. The Morgan fingerprint density at radius 1 is 0.942 bits per heavy atom. The van der Waals surface area contributed by atoms with Gasteiger partial charge in [-0.1, -0.05) is 79.5 Å². The van der Waals surface area contributed by atoms with E-state index in [1.807, 2.05) is 78.6 Å². The Labute approximate surface area is 403 Å². The van der Waals surface area contributed by atoms with Gasteiger partial charge in [0.2, 0.25) is 11.7 Å². The number of carbonyl (C=O) groups excluding carboxylic acids is 2. The summed E-state index contributed by atoms with van der Waals surface area (Å²) in [4.78, 5) is 47.4. The van der Waals surface area contributed by atoms with Crippen molar-refractivity contribution in [2.45, 2.75) is 95.6 Å². The van der Waals surface area contributed by atoms with Crippen LogP contribution in [0.15, 0.2) is 127 Å². The Morgan fingerprint density at radius 3 is 2.41 bits per heavy atom. The van der Waals surface area contributed by atoms with Crippen LogP contribution < -0.4 is 19.5 Å². The van der Waals surface area contributed by atoms with E-state index in [1.54, 1.807) is 31.4 Å². The third-order valence-corrected chi connectivity index (χ3v) is 13.3. The van der Waals surface area contributed by atoms with Crippen molar-refractivity contribution in [2.24, 2.45) is 22.9 Å². The molecule has 0 radical (unpaired) electrons. The van der Waals surface area contributed by atoms with Crippen LogP contribution in [0.1, 0.15) is 86.5 Å². The second-order valence-corrected chi connectivity index (χ2v) is 17.8. The van der Waals surface area contributed by atoms with Gasteiger partial charge in [0.15, 0.2) is 0 Å². The number of methoxy groups -OCH3 is 1. The molecule has 0 bridgehead atoms. The average Bonchev–Trinajstić information content (AvgIpc) is 3.36. The van der Waals surface area contributed by atoms with E-state index < -0.39 is 28.8 Å². The molecule has 4 aromatic carbocycles. The molecule has 3 N–H and O–H groups in total. The summed E-state index contributed by atoms with van der Waals surface area (Å²) in [5.41, 5.74) is 4.58. The first kappa shape index (κ1) is 50.3. The predicted molar refractivity (Wildman–Crippen MR) is 261 cm³/mol. The van der Waals surface area contributed by atoms with Gasteiger partial charge >= 0.3 is 6.09 Å². The number of hydrogen-bond donors (Lipinski definition) is 3. The van der Waals surface area contributed by atoms with Crippen LogP contribution in [0.2, 0.25) is 0 Å². The normalized spacial score (nSPS) is 21.7. The summed E-state index contributed by atoms with van der Waals surface area (Å²) in [5, 5.41) is 39.2. The summed E-state index contributed by atoms with van der Waals surface area (Å²) in [6.07, 6.45) is 8.34. The fourth-order valence-corrected chi connectivity index (χ4v) is 10.3. The van der Waals surface area contributed by atoms with E-state index in [-0.39, 0.29) is 75.2 Å². The first-order valence-electron chi connectivity index (χ1n) is 24.0. The van der Waals surface area contributed by atoms with Gasteiger partial charge in [-0.25, -0.2) is 4.79 Å². The van der Waals surface area contributed by atoms with E-state index in [1.165, 1.54) is 12.1 Å². The zero-order chi connectivity index (χ0) is 48.8. The molecule has 366 valence electrons. The number of aliphatic hydroxyl groups excluding tert-OH is 2. The maximum atomic E-state index is 15.0. The first-order valence-corrected chi connectivity index (χ1v) is 24.0. The van der Waals surface area contributed by atoms with Crippen LogP contribution in [0, 0.1) is 27.9 Å². The fraction of sp³-hybridized carbons (Fsp3) is 0.426. The Morgan fingerprint density at radius 2 is 1.70 bits per heavy atom. The van der Waals surface area contributed by atoms with Gasteiger partial charge in [0.1, 0.15) is 29.9 Å². The van der Waals surface area contributed by atoms with Crippen LogP contribution in [-0.2, 0) is 33.9 Å². The molecule has 0 aromatic heterocycles. The van der Waals surface area contributed by atoms with Crippen molar-refractivity contribution in [2.75, 3.05) is 33.5 Å². The van der Waals surface area contributed by atoms with Crippen LogP contribution >= 0.6 is 0 Å². The van der Waals surface area contributed by atoms with Gasteiger partial charge in [0, 0.05) is 56.3 Å². The zero-order valence-electron chi connectivity index (χ0n) is 39.5. The summed E-state index contributed by atoms with van der Waals surface area (Å²) >= 11 is 0. The number of aliphatic hydroxyl groups is 2. The van der Waals surface area contributed by atoms with Crippen molar-refractivity contribution in [1.29, 1.82) is 0 Å². The van der Waals surface area contributed by atoms with E-state index in [2.05, 4.69) is 18.0 Å². The third-order valence-electron chi connectivity index (χ3n) is 13.3. The smallest absolute Gasteiger partial charge is 0.412 e. The van der Waals surface area contributed by atoms with E-state index in [0.717, 1.165) is 47.9 Å². The number of hydrogen-bond acceptors (Lipinski definition) is 12. The highest BCUT2D eigenvalue weighted by molar-refractivity contribution is 6.03. The van der Waals surface area contributed by atoms with Crippen molar-refractivity contribution in [1.82, 2.24) is 10.2 Å². The number of nitro groups is 1. The monoisotopic (exact) mass is 944 g/mol. The number of carbonyl (C=O) groups is 2. The SMILES string of the molecule is C=CCO[C@@]12Oc3ccc(OC(=O)NCc4ccccc4)cc3[C@H]3[C@H](CCCCO)[C@@H](CCCCO)C=C(C(=NOCc4ccc([N+](=O)[O-])cc4)C[C@@H]1N(CCC)C(=O)Cc1cccc(OC)c1)[C@H]32. The van der Waals surface area contributed by atoms with Gasteiger partial charge in [-0.05, 0) is 109 Å². The molecule has 1 aliphatic heterocycles. The van der Waals surface area contributed by atoms with E-state index >= 15 is 4.79 Å². The van der Waals surface area contributed by atoms with Gasteiger partial charge in [0.25, 0.3) is 5.69 Å². The lowest BCUT2D eigenvalue weighted by Gasteiger charge is -2.60. The number of nitro benzene ring substituents is 1. The van der Waals surface area contributed by atoms with Crippen molar-refractivity contribution in [3.63, 3.8) is 0 Å². The average molecular weight is 945 g/mol. The Hall–Kier alpha value is -6.55. The topological polar surface area (TPSA) is 192 Å². The number of nitrogens with one attached hydrogen (secondary N) is 1. The number of oxime groups is 1. The number of allylic oxidation sites excluding steroid dienone is 1. The molecule has 0 saturated heterocycles. The minimum absolute atomic E-state index is 0.0230. The molecule has 1 fully saturated rings. The minimum atomic E-state index is -1.49. The van der Waals surface area contributed by atoms with Crippen molar-refractivity contribution in [3.8, 4) is 17.2 Å². The largest absolute Gasteiger partial charge is 0.497 e. The molecule has 0 spiro atoms. The number of benzene rings is 4. The number of rotatable bonds is 24. The molecule has 1 saturated carbocycles. The maximum Gasteiger partial charge on any atom is 0.412 e. The lowest BCUT2D eigenvalue weighted by molar-refractivity contribution is -0.384. The molecule has 7 rings (SSSR count). The molecule has 0 unspecified atom stereocenters. The summed E-state index contributed by atoms with van der Waals surface area (Å²) in [6.45, 7) is 6.89. The lowest BCUT2D eigenvalue weighted by Crippen LogP contribution is -2.70. The van der Waals surface area contributed by atoms with Gasteiger partial charge in [-0.2, -0.15) is 0 Å². The standard InChI is InChI=1S/C54H64N4O11/c1-4-26-57(50(61)31-39-16-13-18-42(30-39)65-3)49-34-47(56-67-36-38-20-22-41(23-21-38)58(63)64)45-32-40(17-9-11-27-59)44(19-10-12-28-60)51-46-33-43(68-53(62)55-35-37-14-7-6-8-15-37)24-25-48(46)69-54(49,52(45)51)66-29-5-2/h5-8,13-16,18,20-25,30,32-33,40,44,49,51-52,59-60H,2,4,9-12,17,19,26-29,31,34-36H2,1,3H3,(H,55,62)/t40-,44+,49-,51+,52+,54+/m0/s1. The van der Waals surface area contributed by atoms with Gasteiger partial charge in [-0.3, -0.25) is 14.9 Å². The summed E-state index contributed by atoms with van der Waals surface area (Å²) in [7, 11) is 1.59. The van der Waals surface area contributed by atoms with Crippen LogP contribution in [0.3, 0.4) is 0 Å². The Kier molecular flexibility index (Phi) is 17.6. The number of fused-ring (bicyclic) bond motifs is 2. The highest BCUT2D eigenvalue weighted by atomic mass is 16.7. The van der Waals surface area contributed by atoms with Crippen LogP contribution in [-0.4, -0.2) is 83.1 Å². The van der Waals surface area contributed by atoms with Crippen LogP contribution in [0.4, 0.5) is 10.5 Å². The van der Waals surface area contributed by atoms with E-state index in [9.17, 15) is 25.1 Å². The molecule has 2 amide bonds. The van der Waals surface area contributed by atoms with Gasteiger partial charge < -0.3 is 44.2 Å². The minimum Gasteiger partial charge on any atom is -0.497 e. The second kappa shape index (κ2) is 24.1. The molecule has 15 nitrogen and oxygen atoms in total. The summed E-state index contributed by atoms with van der Waals surface area (Å²) in [6, 6.07) is 27.8. The first-order chi connectivity index (χ1) is 33.6. The van der Waals surface area contributed by atoms with Crippen LogP contribution in [0.25, 0.3) is 0 Å². The molecule has 1 heterocycles. The van der Waals surface area contributed by atoms with Crippen molar-refractivity contribution >= 4 is 23.4 Å². The molecule has 69 heavy (non-hydrogen) atoms. The Balaban J connectivity index is 1.38. The predicted octanol–water partition coefficient (Wildman–Crippen LogP) is 9.21. The zero-order valence-corrected chi connectivity index (χ0v) is 39.5. The highest BCUT2D eigenvalue weighted by Gasteiger charge is 2.65. The number of non-ortho nitro benzene ring substituents is 1. The molecular weight excluding hydrogens is 881 g/mol. The third kappa shape index (κ3) is 12.0. The molecule has 3 aliphatic rings. The quantitative estimate of drug-likeness (QED) is 0.0263. The van der Waals surface area contributed by atoms with Crippen molar-refractivity contribution in [3.05, 3.63) is 154 Å². The number of unbranched alkanes of at least 4 members (excludes halogenated alkanes) is 2. The highest BCUT2D eigenvalue weighted by Crippen LogP contribution is 2.62. The number of amides is 2. The van der Waals surface area contributed by atoms with E-state index in [4.69, 9.17) is 28.9 Å². The van der Waals surface area contributed by atoms with Crippen molar-refractivity contribution < 1.29 is 48.5 Å². The summed E-state index contributed by atoms with van der Waals surface area (Å²) in [5.74, 6) is -1.21. The van der Waals surface area contributed by atoms with Gasteiger partial charge in [-0.15, -0.1) is 6.58 Å². The number of ether oxygens (including phenoxy) is 4. The molecule has 15 heteroatoms. The van der Waals surface area contributed by atoms with Crippen LogP contribution in [0.5, 0.6) is 17.2 Å². The Bertz CT molecular complexity index is 2440. The maximum absolute atomic E-state index is 15.0. The van der Waals surface area contributed by atoms with Gasteiger partial charge in [0.05, 0.1) is 36.7 Å². The molecule has 6 atom stereocenters. The molecular formula is C54H64N4O11. The molecule has 2 aliphatic carbocycles. The number of nitrogens with zero attached hydrogens (tertiary/aromatic N) is 3. The molecule has 4 aromatic rings. The fourth-order valence-electron chi connectivity index (χ4n) is 10.3. The second-order valence-electron chi connectivity index (χ2n) is 17.8. The summed E-state index contributed by atoms with van der Waals surface area (Å²) < 4.78 is 26.0. The van der Waals surface area contributed by atoms with E-state index in [0.29, 0.717) is 54.3 Å².